The molecule has 0 bridgehead atoms. The van der Waals surface area contributed by atoms with E-state index in [0.29, 0.717) is 16.0 Å². The lowest BCUT2D eigenvalue weighted by Gasteiger charge is -2.02. The summed E-state index contributed by atoms with van der Waals surface area (Å²) >= 11 is 1.32. The fourth-order valence-corrected chi connectivity index (χ4v) is 2.78. The average molecular weight is 342 g/mol. The van der Waals surface area contributed by atoms with E-state index in [-0.39, 0.29) is 12.2 Å². The lowest BCUT2D eigenvalue weighted by atomic mass is 10.2. The standard InChI is InChI=1S/C17H14N2O4S/c1-22-12-5-2-11(3-6-12)4-7-15(20)23-10-14-18-13-8-9-24-16(13)17(21)19-14/h2-9H,10H2,1H3,(H,18,19,21)/b7-4+. The predicted molar refractivity (Wildman–Crippen MR) is 92.1 cm³/mol. The molecule has 0 radical (unpaired) electrons. The van der Waals surface area contributed by atoms with Crippen LogP contribution in [0, 0.1) is 0 Å². The number of fused-ring (bicyclic) bond motifs is 1. The number of ether oxygens (including phenoxy) is 2. The maximum Gasteiger partial charge on any atom is 0.331 e. The van der Waals surface area contributed by atoms with Crippen molar-refractivity contribution in [3.63, 3.8) is 0 Å². The van der Waals surface area contributed by atoms with Crippen molar-refractivity contribution in [1.29, 1.82) is 0 Å². The third kappa shape index (κ3) is 3.69. The third-order valence-electron chi connectivity index (χ3n) is 3.24. The van der Waals surface area contributed by atoms with Crippen LogP contribution < -0.4 is 10.3 Å². The van der Waals surface area contributed by atoms with Gasteiger partial charge in [0, 0.05) is 6.08 Å². The van der Waals surface area contributed by atoms with Crippen molar-refractivity contribution < 1.29 is 14.3 Å². The van der Waals surface area contributed by atoms with E-state index in [1.54, 1.807) is 36.8 Å². The highest BCUT2D eigenvalue weighted by Crippen LogP contribution is 2.14. The fourth-order valence-electron chi connectivity index (χ4n) is 2.06. The molecule has 1 aromatic carbocycles. The molecule has 3 aromatic rings. The summed E-state index contributed by atoms with van der Waals surface area (Å²) in [5.74, 6) is 0.546. The summed E-state index contributed by atoms with van der Waals surface area (Å²) in [6, 6.07) is 9.01. The quantitative estimate of drug-likeness (QED) is 0.569. The molecule has 0 atom stereocenters. The Balaban J connectivity index is 1.61. The van der Waals surface area contributed by atoms with Crippen molar-refractivity contribution >= 4 is 33.6 Å². The van der Waals surface area contributed by atoms with E-state index in [0.717, 1.165) is 11.3 Å². The van der Waals surface area contributed by atoms with Crippen molar-refractivity contribution in [3.8, 4) is 5.75 Å². The second-order valence-electron chi connectivity index (χ2n) is 4.86. The van der Waals surface area contributed by atoms with Crippen LogP contribution in [-0.4, -0.2) is 23.0 Å². The largest absolute Gasteiger partial charge is 0.497 e. The van der Waals surface area contributed by atoms with Crippen molar-refractivity contribution in [2.75, 3.05) is 7.11 Å². The van der Waals surface area contributed by atoms with Crippen LogP contribution in [0.3, 0.4) is 0 Å². The number of carbonyl (C=O) groups is 1. The molecule has 7 heteroatoms. The number of rotatable bonds is 5. The fraction of sp³-hybridized carbons (Fsp3) is 0.118. The number of thiophene rings is 1. The molecule has 0 unspecified atom stereocenters. The van der Waals surface area contributed by atoms with Crippen LogP contribution in [0.1, 0.15) is 11.4 Å². The molecule has 0 saturated heterocycles. The zero-order chi connectivity index (χ0) is 16.9. The maximum atomic E-state index is 11.8. The number of aromatic amines is 1. The molecule has 1 N–H and O–H groups in total. The highest BCUT2D eigenvalue weighted by atomic mass is 32.1. The molecule has 2 aromatic heterocycles. The molecule has 0 aliphatic carbocycles. The molecular weight excluding hydrogens is 328 g/mol. The number of methoxy groups -OCH3 is 1. The van der Waals surface area contributed by atoms with Gasteiger partial charge in [0.1, 0.15) is 22.9 Å². The molecule has 0 saturated carbocycles. The Kier molecular flexibility index (Phi) is 4.72. The first-order valence-electron chi connectivity index (χ1n) is 7.11. The summed E-state index contributed by atoms with van der Waals surface area (Å²) < 4.78 is 10.7. The maximum absolute atomic E-state index is 11.8. The number of nitrogens with zero attached hydrogens (tertiary/aromatic N) is 1. The summed E-state index contributed by atoms with van der Waals surface area (Å²) in [5, 5.41) is 1.79. The number of esters is 1. The van der Waals surface area contributed by atoms with Crippen molar-refractivity contribution in [1.82, 2.24) is 9.97 Å². The van der Waals surface area contributed by atoms with E-state index in [2.05, 4.69) is 9.97 Å². The Morgan fingerprint density at radius 1 is 1.29 bits per heavy atom. The zero-order valence-corrected chi connectivity index (χ0v) is 13.6. The minimum atomic E-state index is -0.515. The summed E-state index contributed by atoms with van der Waals surface area (Å²) in [5.41, 5.74) is 1.22. The summed E-state index contributed by atoms with van der Waals surface area (Å²) in [6.07, 6.45) is 2.96. The van der Waals surface area contributed by atoms with Gasteiger partial charge in [-0.15, -0.1) is 11.3 Å². The number of hydrogen-bond donors (Lipinski definition) is 1. The molecule has 0 aliphatic rings. The first-order chi connectivity index (χ1) is 11.7. The molecule has 6 nitrogen and oxygen atoms in total. The van der Waals surface area contributed by atoms with Gasteiger partial charge in [-0.3, -0.25) is 4.79 Å². The Morgan fingerprint density at radius 2 is 2.08 bits per heavy atom. The van der Waals surface area contributed by atoms with Gasteiger partial charge in [0.25, 0.3) is 5.56 Å². The molecular formula is C17H14N2O4S. The normalized spacial score (nSPS) is 11.0. The second-order valence-corrected chi connectivity index (χ2v) is 5.78. The van der Waals surface area contributed by atoms with E-state index in [9.17, 15) is 9.59 Å². The van der Waals surface area contributed by atoms with Gasteiger partial charge >= 0.3 is 5.97 Å². The van der Waals surface area contributed by atoms with Gasteiger partial charge < -0.3 is 14.5 Å². The molecule has 0 amide bonds. The van der Waals surface area contributed by atoms with E-state index in [1.165, 1.54) is 17.4 Å². The van der Waals surface area contributed by atoms with Crippen LogP contribution in [0.25, 0.3) is 16.3 Å². The number of nitrogens with one attached hydrogen (secondary N) is 1. The lowest BCUT2D eigenvalue weighted by Crippen LogP contribution is -2.12. The Hall–Kier alpha value is -2.93. The number of aromatic nitrogens is 2. The van der Waals surface area contributed by atoms with Gasteiger partial charge in [-0.05, 0) is 35.2 Å². The summed E-state index contributed by atoms with van der Waals surface area (Å²) in [7, 11) is 1.59. The minimum Gasteiger partial charge on any atom is -0.497 e. The van der Waals surface area contributed by atoms with Gasteiger partial charge in [0.15, 0.2) is 0 Å². The monoisotopic (exact) mass is 342 g/mol. The van der Waals surface area contributed by atoms with Gasteiger partial charge in [-0.2, -0.15) is 0 Å². The van der Waals surface area contributed by atoms with Crippen LogP contribution in [-0.2, 0) is 16.1 Å². The van der Waals surface area contributed by atoms with E-state index in [1.807, 2.05) is 12.1 Å². The zero-order valence-electron chi connectivity index (χ0n) is 12.8. The number of benzene rings is 1. The number of carbonyl (C=O) groups excluding carboxylic acids is 1. The van der Waals surface area contributed by atoms with Crippen LogP contribution in [0.4, 0.5) is 0 Å². The summed E-state index contributed by atoms with van der Waals surface area (Å²) in [4.78, 5) is 30.4. The van der Waals surface area contributed by atoms with Crippen molar-refractivity contribution in [2.45, 2.75) is 6.61 Å². The van der Waals surface area contributed by atoms with Crippen LogP contribution >= 0.6 is 11.3 Å². The van der Waals surface area contributed by atoms with Gasteiger partial charge in [0.05, 0.1) is 12.6 Å². The number of H-pyrrole nitrogens is 1. The first kappa shape index (κ1) is 15.9. The smallest absolute Gasteiger partial charge is 0.331 e. The Bertz CT molecular complexity index is 941. The first-order valence-corrected chi connectivity index (χ1v) is 7.99. The van der Waals surface area contributed by atoms with Crippen molar-refractivity contribution in [3.05, 3.63) is 63.5 Å². The Labute approximate surface area is 141 Å². The minimum absolute atomic E-state index is 0.0905. The molecule has 2 heterocycles. The van der Waals surface area contributed by atoms with Gasteiger partial charge in [0.2, 0.25) is 0 Å². The summed E-state index contributed by atoms with van der Waals surface area (Å²) in [6.45, 7) is -0.0905. The second kappa shape index (κ2) is 7.10. The Morgan fingerprint density at radius 3 is 2.83 bits per heavy atom. The van der Waals surface area contributed by atoms with E-state index >= 15 is 0 Å². The topological polar surface area (TPSA) is 81.3 Å². The van der Waals surface area contributed by atoms with Gasteiger partial charge in [-0.25, -0.2) is 9.78 Å². The van der Waals surface area contributed by atoms with Crippen LogP contribution in [0.5, 0.6) is 5.75 Å². The highest BCUT2D eigenvalue weighted by Gasteiger charge is 2.06. The third-order valence-corrected chi connectivity index (χ3v) is 4.15. The molecule has 0 spiro atoms. The average Bonchev–Trinajstić information content (AvgIpc) is 3.08. The predicted octanol–water partition coefficient (Wildman–Crippen LogP) is 2.75. The van der Waals surface area contributed by atoms with Crippen LogP contribution in [0.2, 0.25) is 0 Å². The molecule has 0 aliphatic heterocycles. The molecule has 122 valence electrons. The lowest BCUT2D eigenvalue weighted by molar-refractivity contribution is -0.139. The SMILES string of the molecule is COc1ccc(/C=C/C(=O)OCc2nc3ccsc3c(=O)[nH]2)cc1. The van der Waals surface area contributed by atoms with E-state index < -0.39 is 5.97 Å². The van der Waals surface area contributed by atoms with Crippen molar-refractivity contribution in [2.24, 2.45) is 0 Å². The molecule has 3 rings (SSSR count). The van der Waals surface area contributed by atoms with E-state index in [4.69, 9.17) is 9.47 Å². The molecule has 0 fully saturated rings. The van der Waals surface area contributed by atoms with Gasteiger partial charge in [-0.1, -0.05) is 12.1 Å². The van der Waals surface area contributed by atoms with Crippen LogP contribution in [0.15, 0.2) is 46.6 Å². The highest BCUT2D eigenvalue weighted by molar-refractivity contribution is 7.17. The molecule has 24 heavy (non-hydrogen) atoms. The number of hydrogen-bond acceptors (Lipinski definition) is 6.